The van der Waals surface area contributed by atoms with Crippen LogP contribution in [0.4, 0.5) is 13.2 Å². The Hall–Kier alpha value is -2.51. The van der Waals surface area contributed by atoms with Gasteiger partial charge in [0.2, 0.25) is 0 Å². The summed E-state index contributed by atoms with van der Waals surface area (Å²) in [6.45, 7) is 1.81. The molecule has 1 aromatic heterocycles. The lowest BCUT2D eigenvalue weighted by atomic mass is 10.1. The van der Waals surface area contributed by atoms with Crippen molar-refractivity contribution in [3.8, 4) is 11.8 Å². The number of likely N-dealkylation sites (tertiary alicyclic amines) is 1. The highest BCUT2D eigenvalue weighted by molar-refractivity contribution is 5.45. The first-order valence-corrected chi connectivity index (χ1v) is 7.70. The minimum absolute atomic E-state index is 0.0973. The summed E-state index contributed by atoms with van der Waals surface area (Å²) < 4.78 is 46.0. The molecule has 2 atom stereocenters. The van der Waals surface area contributed by atoms with Crippen molar-refractivity contribution in [1.82, 2.24) is 25.1 Å². The van der Waals surface area contributed by atoms with E-state index in [0.717, 1.165) is 25.1 Å². The van der Waals surface area contributed by atoms with Crippen LogP contribution < -0.4 is 0 Å². The van der Waals surface area contributed by atoms with Crippen LogP contribution in [0.1, 0.15) is 23.4 Å². The Morgan fingerprint density at radius 2 is 2.16 bits per heavy atom. The average Bonchev–Trinajstić information content (AvgIpc) is 3.30. The molecule has 2 saturated heterocycles. The van der Waals surface area contributed by atoms with Gasteiger partial charge in [0.25, 0.3) is 0 Å². The number of ether oxygens (including phenoxy) is 1. The zero-order valence-electron chi connectivity index (χ0n) is 12.9. The van der Waals surface area contributed by atoms with Crippen LogP contribution in [0.3, 0.4) is 0 Å². The molecule has 0 aliphatic carbocycles. The minimum atomic E-state index is -4.55. The van der Waals surface area contributed by atoms with Crippen molar-refractivity contribution in [3.05, 3.63) is 35.2 Å². The van der Waals surface area contributed by atoms with Gasteiger partial charge in [0.15, 0.2) is 5.82 Å². The predicted octanol–water partition coefficient (Wildman–Crippen LogP) is 1.53. The number of benzene rings is 1. The van der Waals surface area contributed by atoms with Gasteiger partial charge in [-0.3, -0.25) is 4.90 Å². The lowest BCUT2D eigenvalue weighted by Gasteiger charge is -2.25. The number of hydrogen-bond donors (Lipinski definition) is 0. The number of rotatable bonds is 3. The maximum atomic E-state index is 13.1. The van der Waals surface area contributed by atoms with Crippen molar-refractivity contribution < 1.29 is 17.9 Å². The molecule has 0 radical (unpaired) electrons. The van der Waals surface area contributed by atoms with Gasteiger partial charge in [0.05, 0.1) is 42.1 Å². The first-order valence-electron chi connectivity index (χ1n) is 7.70. The molecule has 1 aromatic carbocycles. The number of alkyl halides is 3. The summed E-state index contributed by atoms with van der Waals surface area (Å²) in [7, 11) is 0. The van der Waals surface area contributed by atoms with Gasteiger partial charge in [-0.15, -0.1) is 5.10 Å². The largest absolute Gasteiger partial charge is 0.416 e. The van der Waals surface area contributed by atoms with Crippen LogP contribution >= 0.6 is 0 Å². The Bertz CT molecular complexity index is 843. The molecule has 0 spiro atoms. The van der Waals surface area contributed by atoms with Gasteiger partial charge in [-0.05, 0) is 35.0 Å². The zero-order chi connectivity index (χ0) is 17.6. The summed E-state index contributed by atoms with van der Waals surface area (Å²) in [5, 5.41) is 20.4. The molecule has 7 nitrogen and oxygen atoms in total. The Morgan fingerprint density at radius 1 is 1.32 bits per heavy atom. The molecule has 2 aromatic rings. The molecule has 0 N–H and O–H groups in total. The lowest BCUT2D eigenvalue weighted by Crippen LogP contribution is -2.37. The monoisotopic (exact) mass is 350 g/mol. The van der Waals surface area contributed by atoms with Gasteiger partial charge in [-0.2, -0.15) is 23.1 Å². The van der Waals surface area contributed by atoms with Crippen molar-refractivity contribution in [1.29, 1.82) is 5.26 Å². The normalized spacial score (nSPS) is 23.1. The highest BCUT2D eigenvalue weighted by atomic mass is 19.4. The second-order valence-electron chi connectivity index (χ2n) is 6.16. The number of aromatic nitrogens is 4. The number of nitriles is 1. The smallest absolute Gasteiger partial charge is 0.375 e. The Morgan fingerprint density at radius 3 is 2.80 bits per heavy atom. The molecule has 2 fully saturated rings. The van der Waals surface area contributed by atoms with E-state index in [4.69, 9.17) is 10.00 Å². The second kappa shape index (κ2) is 5.79. The quantitative estimate of drug-likeness (QED) is 0.835. The molecule has 3 heterocycles. The van der Waals surface area contributed by atoms with Crippen LogP contribution in [0, 0.1) is 11.3 Å². The van der Waals surface area contributed by atoms with Gasteiger partial charge in [0.1, 0.15) is 0 Å². The third kappa shape index (κ3) is 2.96. The highest BCUT2D eigenvalue weighted by Crippen LogP contribution is 2.32. The van der Waals surface area contributed by atoms with E-state index in [0.29, 0.717) is 19.0 Å². The molecule has 25 heavy (non-hydrogen) atoms. The summed E-state index contributed by atoms with van der Waals surface area (Å²) in [6.07, 6.45) is -3.40. The highest BCUT2D eigenvalue weighted by Gasteiger charge is 2.39. The van der Waals surface area contributed by atoms with Crippen LogP contribution in [0.5, 0.6) is 0 Å². The van der Waals surface area contributed by atoms with Gasteiger partial charge in [0, 0.05) is 12.6 Å². The molecular formula is C15H13F3N6O. The predicted molar refractivity (Wildman–Crippen MR) is 77.4 cm³/mol. The molecule has 0 saturated carbocycles. The number of nitrogens with zero attached hydrogens (tertiary/aromatic N) is 6. The maximum Gasteiger partial charge on any atom is 0.416 e. The van der Waals surface area contributed by atoms with Crippen LogP contribution in [0.15, 0.2) is 18.2 Å². The van der Waals surface area contributed by atoms with Gasteiger partial charge in [-0.1, -0.05) is 0 Å². The third-order valence-corrected chi connectivity index (χ3v) is 4.51. The van der Waals surface area contributed by atoms with Gasteiger partial charge >= 0.3 is 6.18 Å². The summed E-state index contributed by atoms with van der Waals surface area (Å²) >= 11 is 0. The Labute approximate surface area is 140 Å². The van der Waals surface area contributed by atoms with Crippen molar-refractivity contribution in [2.45, 2.75) is 31.3 Å². The van der Waals surface area contributed by atoms with E-state index in [1.165, 1.54) is 10.7 Å². The standard InChI is InChI=1S/C15H13F3N6O/c16-15(17,18)10-1-9(5-19)2-11(3-10)24-14(20-21-22-24)7-23-6-13-4-12(23)8-25-13/h1-3,12-13H,4,6-8H2. The van der Waals surface area contributed by atoms with Gasteiger partial charge < -0.3 is 4.74 Å². The fourth-order valence-corrected chi connectivity index (χ4v) is 3.32. The van der Waals surface area contributed by atoms with Crippen molar-refractivity contribution in [3.63, 3.8) is 0 Å². The molecule has 2 unspecified atom stereocenters. The van der Waals surface area contributed by atoms with Crippen LogP contribution in [-0.4, -0.2) is 50.4 Å². The molecule has 2 bridgehead atoms. The van der Waals surface area contributed by atoms with Crippen LogP contribution in [0.2, 0.25) is 0 Å². The van der Waals surface area contributed by atoms with E-state index in [-0.39, 0.29) is 23.4 Å². The average molecular weight is 350 g/mol. The van der Waals surface area contributed by atoms with Gasteiger partial charge in [-0.25, -0.2) is 0 Å². The lowest BCUT2D eigenvalue weighted by molar-refractivity contribution is -0.137. The minimum Gasteiger partial charge on any atom is -0.375 e. The van der Waals surface area contributed by atoms with E-state index < -0.39 is 11.7 Å². The van der Waals surface area contributed by atoms with Crippen LogP contribution in [0.25, 0.3) is 5.69 Å². The number of tetrazole rings is 1. The fraction of sp³-hybridized carbons (Fsp3) is 0.467. The van der Waals surface area contributed by atoms with Crippen LogP contribution in [-0.2, 0) is 17.5 Å². The van der Waals surface area contributed by atoms with E-state index >= 15 is 0 Å². The zero-order valence-corrected chi connectivity index (χ0v) is 12.9. The molecule has 2 aliphatic rings. The Kier molecular flexibility index (Phi) is 3.70. The third-order valence-electron chi connectivity index (χ3n) is 4.51. The number of hydrogen-bond acceptors (Lipinski definition) is 6. The van der Waals surface area contributed by atoms with E-state index in [2.05, 4.69) is 20.4 Å². The first-order chi connectivity index (χ1) is 11.9. The second-order valence-corrected chi connectivity index (χ2v) is 6.16. The summed E-state index contributed by atoms with van der Waals surface area (Å²) in [6, 6.07) is 5.13. The van der Waals surface area contributed by atoms with E-state index in [1.54, 1.807) is 6.07 Å². The molecule has 4 rings (SSSR count). The van der Waals surface area contributed by atoms with Crippen molar-refractivity contribution in [2.75, 3.05) is 13.2 Å². The Balaban J connectivity index is 1.67. The topological polar surface area (TPSA) is 79.9 Å². The summed E-state index contributed by atoms with van der Waals surface area (Å²) in [5.41, 5.74) is -0.886. The molecule has 10 heteroatoms. The van der Waals surface area contributed by atoms with E-state index in [9.17, 15) is 13.2 Å². The first kappa shape index (κ1) is 16.0. The molecule has 130 valence electrons. The summed E-state index contributed by atoms with van der Waals surface area (Å²) in [5.74, 6) is 0.427. The maximum absolute atomic E-state index is 13.1. The SMILES string of the molecule is N#Cc1cc(-n2nnnc2CN2CC3CC2CO3)cc(C(F)(F)F)c1. The molecule has 2 aliphatic heterocycles. The number of morpholine rings is 1. The molecule has 0 amide bonds. The fourth-order valence-electron chi connectivity index (χ4n) is 3.32. The summed E-state index contributed by atoms with van der Waals surface area (Å²) in [4.78, 5) is 2.16. The van der Waals surface area contributed by atoms with Crippen molar-refractivity contribution in [2.24, 2.45) is 0 Å². The molecular weight excluding hydrogens is 337 g/mol. The van der Waals surface area contributed by atoms with E-state index in [1.807, 2.05) is 0 Å². The van der Waals surface area contributed by atoms with Crippen molar-refractivity contribution >= 4 is 0 Å². The number of fused-ring (bicyclic) bond motifs is 2. The number of halogens is 3.